The lowest BCUT2D eigenvalue weighted by molar-refractivity contribution is 0.0767. The number of hydrogen-bond donors (Lipinski definition) is 1. The Balaban J connectivity index is 1.39. The number of guanidine groups is 1. The molecule has 6 heteroatoms. The fourth-order valence-corrected chi connectivity index (χ4v) is 4.21. The van der Waals surface area contributed by atoms with E-state index in [0.29, 0.717) is 24.0 Å². The number of aliphatic imine (C=N–C) groups is 1. The standard InChI is InChI=1S/C15H23N5O/c1-16-15(17-5-10-6-18-19(2)7-10)20-8-11-12(9-20)14-4-3-13(11)21-14/h6-7,11-14H,3-5,8-9H2,1-2H3,(H,16,17). The normalized spacial score (nSPS) is 34.6. The molecule has 114 valence electrons. The van der Waals surface area contributed by atoms with Gasteiger partial charge in [0.05, 0.1) is 18.4 Å². The van der Waals surface area contributed by atoms with Crippen molar-refractivity contribution in [2.45, 2.75) is 31.6 Å². The number of rotatable bonds is 2. The Hall–Kier alpha value is -1.56. The molecule has 4 heterocycles. The van der Waals surface area contributed by atoms with Crippen molar-refractivity contribution in [1.29, 1.82) is 0 Å². The molecule has 0 radical (unpaired) electrons. The van der Waals surface area contributed by atoms with Crippen LogP contribution >= 0.6 is 0 Å². The minimum absolute atomic E-state index is 0.501. The molecule has 0 aliphatic carbocycles. The Morgan fingerprint density at radius 1 is 1.38 bits per heavy atom. The zero-order valence-electron chi connectivity index (χ0n) is 12.7. The van der Waals surface area contributed by atoms with Crippen LogP contribution in [0, 0.1) is 11.8 Å². The first-order chi connectivity index (χ1) is 10.2. The molecule has 3 aliphatic rings. The number of hydrogen-bond acceptors (Lipinski definition) is 3. The van der Waals surface area contributed by atoms with Crippen LogP contribution in [0.25, 0.3) is 0 Å². The molecule has 1 N–H and O–H groups in total. The Bertz CT molecular complexity index is 536. The van der Waals surface area contributed by atoms with E-state index in [1.807, 2.05) is 31.2 Å². The fraction of sp³-hybridized carbons (Fsp3) is 0.733. The quantitative estimate of drug-likeness (QED) is 0.640. The van der Waals surface area contributed by atoms with E-state index in [1.54, 1.807) is 0 Å². The number of nitrogens with zero attached hydrogens (tertiary/aromatic N) is 4. The summed E-state index contributed by atoms with van der Waals surface area (Å²) in [5, 5.41) is 7.66. The van der Waals surface area contributed by atoms with Crippen LogP contribution in [0.15, 0.2) is 17.4 Å². The van der Waals surface area contributed by atoms with E-state index in [2.05, 4.69) is 20.3 Å². The van der Waals surface area contributed by atoms with Gasteiger partial charge in [0.1, 0.15) is 0 Å². The highest BCUT2D eigenvalue weighted by Gasteiger charge is 2.53. The Kier molecular flexibility index (Phi) is 3.14. The van der Waals surface area contributed by atoms with Gasteiger partial charge in [-0.3, -0.25) is 9.67 Å². The summed E-state index contributed by atoms with van der Waals surface area (Å²) in [6, 6.07) is 0. The average Bonchev–Trinajstić information content (AvgIpc) is 3.20. The van der Waals surface area contributed by atoms with Crippen molar-refractivity contribution in [3.63, 3.8) is 0 Å². The van der Waals surface area contributed by atoms with Crippen molar-refractivity contribution in [2.24, 2.45) is 23.9 Å². The van der Waals surface area contributed by atoms with Gasteiger partial charge in [-0.25, -0.2) is 0 Å². The topological polar surface area (TPSA) is 54.7 Å². The molecule has 4 rings (SSSR count). The molecule has 21 heavy (non-hydrogen) atoms. The highest BCUT2D eigenvalue weighted by molar-refractivity contribution is 5.80. The number of fused-ring (bicyclic) bond motifs is 5. The third-order valence-corrected chi connectivity index (χ3v) is 5.17. The maximum atomic E-state index is 6.04. The fourth-order valence-electron chi connectivity index (χ4n) is 4.21. The van der Waals surface area contributed by atoms with Crippen molar-refractivity contribution in [1.82, 2.24) is 20.0 Å². The summed E-state index contributed by atoms with van der Waals surface area (Å²) >= 11 is 0. The number of likely N-dealkylation sites (tertiary alicyclic amines) is 1. The van der Waals surface area contributed by atoms with E-state index in [4.69, 9.17) is 4.74 Å². The molecule has 0 spiro atoms. The second kappa shape index (κ2) is 5.02. The van der Waals surface area contributed by atoms with Crippen molar-refractivity contribution >= 4 is 5.96 Å². The second-order valence-corrected chi connectivity index (χ2v) is 6.45. The molecule has 3 fully saturated rings. The molecular formula is C15H23N5O. The summed E-state index contributed by atoms with van der Waals surface area (Å²) in [6.45, 7) is 2.94. The lowest BCUT2D eigenvalue weighted by Gasteiger charge is -2.23. The van der Waals surface area contributed by atoms with Crippen LogP contribution in [-0.2, 0) is 18.3 Å². The van der Waals surface area contributed by atoms with Gasteiger partial charge in [0.25, 0.3) is 0 Å². The van der Waals surface area contributed by atoms with Crippen molar-refractivity contribution < 1.29 is 4.74 Å². The summed E-state index contributed by atoms with van der Waals surface area (Å²) in [7, 11) is 3.81. The van der Waals surface area contributed by atoms with Gasteiger partial charge in [0.2, 0.25) is 0 Å². The van der Waals surface area contributed by atoms with Gasteiger partial charge in [-0.2, -0.15) is 5.10 Å². The molecule has 2 bridgehead atoms. The lowest BCUT2D eigenvalue weighted by atomic mass is 9.82. The lowest BCUT2D eigenvalue weighted by Crippen LogP contribution is -2.40. The molecule has 3 aliphatic heterocycles. The van der Waals surface area contributed by atoms with Crippen molar-refractivity contribution in [3.8, 4) is 0 Å². The SMILES string of the molecule is CN=C(NCc1cnn(C)c1)N1CC2C3CCC(O3)C2C1. The van der Waals surface area contributed by atoms with Gasteiger partial charge in [0, 0.05) is 57.3 Å². The number of aryl methyl sites for hydroxylation is 1. The summed E-state index contributed by atoms with van der Waals surface area (Å²) in [6.07, 6.45) is 7.44. The molecule has 4 unspecified atom stereocenters. The second-order valence-electron chi connectivity index (χ2n) is 6.45. The van der Waals surface area contributed by atoms with Crippen LogP contribution < -0.4 is 5.32 Å². The number of nitrogens with one attached hydrogen (secondary N) is 1. The number of ether oxygens (including phenoxy) is 1. The zero-order valence-corrected chi connectivity index (χ0v) is 12.7. The monoisotopic (exact) mass is 289 g/mol. The molecule has 0 amide bonds. The highest BCUT2D eigenvalue weighted by Crippen LogP contribution is 2.47. The van der Waals surface area contributed by atoms with Gasteiger partial charge >= 0.3 is 0 Å². The van der Waals surface area contributed by atoms with E-state index < -0.39 is 0 Å². The van der Waals surface area contributed by atoms with E-state index in [0.717, 1.165) is 25.6 Å². The first kappa shape index (κ1) is 13.1. The van der Waals surface area contributed by atoms with E-state index in [-0.39, 0.29) is 0 Å². The van der Waals surface area contributed by atoms with E-state index >= 15 is 0 Å². The third kappa shape index (κ3) is 2.21. The Morgan fingerprint density at radius 3 is 2.67 bits per heavy atom. The maximum Gasteiger partial charge on any atom is 0.193 e. The molecule has 3 saturated heterocycles. The van der Waals surface area contributed by atoms with Gasteiger partial charge < -0.3 is 15.0 Å². The Labute approximate surface area is 125 Å². The molecule has 4 atom stereocenters. The largest absolute Gasteiger partial charge is 0.374 e. The minimum atomic E-state index is 0.501. The van der Waals surface area contributed by atoms with Crippen LogP contribution in [-0.4, -0.2) is 53.0 Å². The van der Waals surface area contributed by atoms with E-state index in [1.165, 1.54) is 18.4 Å². The number of aromatic nitrogens is 2. The summed E-state index contributed by atoms with van der Waals surface area (Å²) in [4.78, 5) is 6.86. The summed E-state index contributed by atoms with van der Waals surface area (Å²) in [5.74, 6) is 2.43. The van der Waals surface area contributed by atoms with Crippen LogP contribution in [0.1, 0.15) is 18.4 Å². The van der Waals surface area contributed by atoms with Gasteiger partial charge in [-0.1, -0.05) is 0 Å². The first-order valence-corrected chi connectivity index (χ1v) is 7.83. The molecule has 1 aromatic heterocycles. The summed E-state index contributed by atoms with van der Waals surface area (Å²) < 4.78 is 7.86. The van der Waals surface area contributed by atoms with E-state index in [9.17, 15) is 0 Å². The van der Waals surface area contributed by atoms with Gasteiger partial charge in [0.15, 0.2) is 5.96 Å². The predicted octanol–water partition coefficient (Wildman–Crippen LogP) is 0.605. The van der Waals surface area contributed by atoms with Gasteiger partial charge in [-0.05, 0) is 12.8 Å². The van der Waals surface area contributed by atoms with Crippen molar-refractivity contribution in [2.75, 3.05) is 20.1 Å². The summed E-state index contributed by atoms with van der Waals surface area (Å²) in [5.41, 5.74) is 1.18. The van der Waals surface area contributed by atoms with Crippen LogP contribution in [0.5, 0.6) is 0 Å². The minimum Gasteiger partial charge on any atom is -0.374 e. The Morgan fingerprint density at radius 2 is 2.10 bits per heavy atom. The van der Waals surface area contributed by atoms with Crippen molar-refractivity contribution in [3.05, 3.63) is 18.0 Å². The van der Waals surface area contributed by atoms with Crippen LogP contribution in [0.3, 0.4) is 0 Å². The first-order valence-electron chi connectivity index (χ1n) is 7.83. The molecule has 0 saturated carbocycles. The average molecular weight is 289 g/mol. The molecule has 6 nitrogen and oxygen atoms in total. The maximum absolute atomic E-state index is 6.04. The molecule has 1 aromatic rings. The van der Waals surface area contributed by atoms with Gasteiger partial charge in [-0.15, -0.1) is 0 Å². The highest BCUT2D eigenvalue weighted by atomic mass is 16.5. The smallest absolute Gasteiger partial charge is 0.193 e. The zero-order chi connectivity index (χ0) is 14.4. The van der Waals surface area contributed by atoms with Crippen LogP contribution in [0.4, 0.5) is 0 Å². The molecule has 0 aromatic carbocycles. The third-order valence-electron chi connectivity index (χ3n) is 5.17. The molecular weight excluding hydrogens is 266 g/mol. The predicted molar refractivity (Wildman–Crippen MR) is 79.9 cm³/mol. The van der Waals surface area contributed by atoms with Crippen LogP contribution in [0.2, 0.25) is 0 Å².